The summed E-state index contributed by atoms with van der Waals surface area (Å²) in [6.45, 7) is 1.85. The summed E-state index contributed by atoms with van der Waals surface area (Å²) in [7, 11) is -1.80. The number of rotatable bonds is 10. The number of carbonyl (C=O) groups excluding carboxylic acids is 2. The van der Waals surface area contributed by atoms with Crippen LogP contribution in [-0.4, -0.2) is 34.6 Å². The number of hydrogen-bond donors (Lipinski definition) is 0. The topological polar surface area (TPSA) is 101 Å². The predicted octanol–water partition coefficient (Wildman–Crippen LogP) is 4.76. The van der Waals surface area contributed by atoms with Gasteiger partial charge in [0.2, 0.25) is 0 Å². The van der Waals surface area contributed by atoms with Gasteiger partial charge in [0, 0.05) is 21.7 Å². The summed E-state index contributed by atoms with van der Waals surface area (Å²) in [5.41, 5.74) is 0.365. The van der Waals surface area contributed by atoms with Crippen molar-refractivity contribution in [3.8, 4) is 0 Å². The smallest absolute Gasteiger partial charge is 0.311 e. The van der Waals surface area contributed by atoms with Crippen LogP contribution >= 0.6 is 0 Å². The van der Waals surface area contributed by atoms with Crippen LogP contribution in [0.2, 0.25) is 0 Å². The first-order valence-electron chi connectivity index (χ1n) is 11.0. The summed E-state index contributed by atoms with van der Waals surface area (Å²) in [4.78, 5) is 26.1. The van der Waals surface area contributed by atoms with Gasteiger partial charge in [-0.15, -0.1) is 0 Å². The molecule has 3 aromatic carbocycles. The fourth-order valence-electron chi connectivity index (χ4n) is 4.03. The van der Waals surface area contributed by atoms with E-state index in [1.54, 1.807) is 66.7 Å². The van der Waals surface area contributed by atoms with Crippen molar-refractivity contribution in [3.05, 3.63) is 106 Å². The SMILES string of the molecule is COC(=O)CC(Cc1ccccc1)(C(=O)OC)C([N-]S(=O)(=O)c1ccc(C)cc1)c1ccccc1.[Co]. The van der Waals surface area contributed by atoms with E-state index in [9.17, 15) is 18.0 Å². The van der Waals surface area contributed by atoms with Crippen LogP contribution in [0.15, 0.2) is 89.8 Å². The number of sulfonamides is 1. The molecule has 0 heterocycles. The molecule has 7 nitrogen and oxygen atoms in total. The molecule has 0 N–H and O–H groups in total. The monoisotopic (exact) mass is 553 g/mol. The molecule has 3 rings (SSSR count). The van der Waals surface area contributed by atoms with Gasteiger partial charge in [0.1, 0.15) is 10.0 Å². The molecule has 0 aliphatic heterocycles. The van der Waals surface area contributed by atoms with Gasteiger partial charge < -0.3 is 14.2 Å². The minimum Gasteiger partial charge on any atom is -0.537 e. The third-order valence-corrected chi connectivity index (χ3v) is 7.20. The maximum Gasteiger partial charge on any atom is 0.311 e. The van der Waals surface area contributed by atoms with Crippen molar-refractivity contribution in [2.45, 2.75) is 30.7 Å². The fraction of sp³-hybridized carbons (Fsp3) is 0.259. The van der Waals surface area contributed by atoms with Gasteiger partial charge in [0.15, 0.2) is 0 Å². The Balaban J connectivity index is 0.00000456. The van der Waals surface area contributed by atoms with Crippen LogP contribution in [0.3, 0.4) is 0 Å². The maximum atomic E-state index is 13.5. The van der Waals surface area contributed by atoms with E-state index in [2.05, 4.69) is 4.72 Å². The van der Waals surface area contributed by atoms with Crippen molar-refractivity contribution < 1.29 is 44.3 Å². The summed E-state index contributed by atoms with van der Waals surface area (Å²) in [6, 6.07) is 22.6. The quantitative estimate of drug-likeness (QED) is 0.336. The van der Waals surface area contributed by atoms with Crippen molar-refractivity contribution in [1.29, 1.82) is 0 Å². The first-order chi connectivity index (χ1) is 16.7. The third kappa shape index (κ3) is 6.82. The minimum absolute atomic E-state index is 0. The van der Waals surface area contributed by atoms with Gasteiger partial charge in [-0.1, -0.05) is 90.0 Å². The number of carbonyl (C=O) groups is 2. The molecule has 0 fully saturated rings. The van der Waals surface area contributed by atoms with E-state index in [-0.39, 0.29) is 28.1 Å². The van der Waals surface area contributed by atoms with E-state index >= 15 is 0 Å². The maximum absolute atomic E-state index is 13.5. The number of ether oxygens (including phenoxy) is 2. The van der Waals surface area contributed by atoms with Gasteiger partial charge in [-0.3, -0.25) is 9.59 Å². The second-order valence-corrected chi connectivity index (χ2v) is 9.90. The summed E-state index contributed by atoms with van der Waals surface area (Å²) in [5, 5.41) is 0. The molecule has 3 aromatic rings. The van der Waals surface area contributed by atoms with Crippen LogP contribution < -0.4 is 0 Å². The van der Waals surface area contributed by atoms with Crippen LogP contribution in [-0.2, 0) is 52.3 Å². The van der Waals surface area contributed by atoms with E-state index in [0.29, 0.717) is 11.1 Å². The van der Waals surface area contributed by atoms with Crippen molar-refractivity contribution >= 4 is 22.0 Å². The molecule has 0 amide bonds. The van der Waals surface area contributed by atoms with Crippen molar-refractivity contribution in [2.24, 2.45) is 5.41 Å². The van der Waals surface area contributed by atoms with E-state index < -0.39 is 39.8 Å². The Morgan fingerprint density at radius 1 is 0.861 bits per heavy atom. The first-order valence-corrected chi connectivity index (χ1v) is 12.4. The van der Waals surface area contributed by atoms with E-state index in [1.807, 2.05) is 13.0 Å². The molecule has 0 aromatic heterocycles. The molecule has 193 valence electrons. The number of nitrogens with zero attached hydrogens (tertiary/aromatic N) is 1. The molecule has 1 radical (unpaired) electrons. The summed E-state index contributed by atoms with van der Waals surface area (Å²) < 4.78 is 41.3. The van der Waals surface area contributed by atoms with E-state index in [4.69, 9.17) is 9.47 Å². The molecule has 0 saturated carbocycles. The van der Waals surface area contributed by atoms with Crippen LogP contribution in [0.25, 0.3) is 4.72 Å². The molecular weight excluding hydrogens is 525 g/mol. The second-order valence-electron chi connectivity index (χ2n) is 8.27. The average molecular weight is 554 g/mol. The van der Waals surface area contributed by atoms with Crippen molar-refractivity contribution in [3.63, 3.8) is 0 Å². The zero-order valence-electron chi connectivity index (χ0n) is 20.2. The molecule has 2 unspecified atom stereocenters. The Hall–Kier alpha value is -2.98. The Kier molecular flexibility index (Phi) is 10.4. The number of hydrogen-bond acceptors (Lipinski definition) is 6. The Morgan fingerprint density at radius 2 is 1.42 bits per heavy atom. The Bertz CT molecular complexity index is 1250. The number of methoxy groups -OCH3 is 2. The molecule has 0 spiro atoms. The van der Waals surface area contributed by atoms with Gasteiger partial charge >= 0.3 is 11.9 Å². The summed E-state index contributed by atoms with van der Waals surface area (Å²) in [5.74, 6) is -1.45. The predicted molar refractivity (Wildman–Crippen MR) is 132 cm³/mol. The third-order valence-electron chi connectivity index (χ3n) is 5.84. The zero-order valence-corrected chi connectivity index (χ0v) is 22.1. The second kappa shape index (κ2) is 12.8. The minimum atomic E-state index is -4.22. The number of benzene rings is 3. The summed E-state index contributed by atoms with van der Waals surface area (Å²) in [6.07, 6.45) is -0.431. The first kappa shape index (κ1) is 29.2. The zero-order chi connectivity index (χ0) is 25.5. The molecule has 9 heteroatoms. The Morgan fingerprint density at radius 3 is 1.94 bits per heavy atom. The summed E-state index contributed by atoms with van der Waals surface area (Å²) >= 11 is 0. The normalized spacial score (nSPS) is 13.5. The fourth-order valence-corrected chi connectivity index (χ4v) is 5.23. The van der Waals surface area contributed by atoms with E-state index in [1.165, 1.54) is 26.4 Å². The molecule has 0 aliphatic rings. The molecule has 0 saturated heterocycles. The standard InChI is InChI=1S/C27H28NO6S.Co/c1-20-14-16-23(17-15-20)35(31,32)28-25(22-12-8-5-9-13-22)27(26(30)34-3,19-24(29)33-2)18-21-10-6-4-7-11-21;/h4-17,25H,18-19H2,1-3H3;/q-1;. The molecule has 36 heavy (non-hydrogen) atoms. The van der Waals surface area contributed by atoms with Gasteiger partial charge in [0.25, 0.3) is 0 Å². The van der Waals surface area contributed by atoms with Crippen LogP contribution in [0.5, 0.6) is 0 Å². The van der Waals surface area contributed by atoms with Crippen molar-refractivity contribution in [2.75, 3.05) is 14.2 Å². The van der Waals surface area contributed by atoms with Crippen molar-refractivity contribution in [1.82, 2.24) is 0 Å². The van der Waals surface area contributed by atoms with E-state index in [0.717, 1.165) is 5.56 Å². The van der Waals surface area contributed by atoms with Gasteiger partial charge in [-0.25, -0.2) is 8.42 Å². The molecule has 2 atom stereocenters. The van der Waals surface area contributed by atoms with Gasteiger partial charge in [-0.05, 0) is 31.0 Å². The molecule has 0 aliphatic carbocycles. The number of esters is 2. The number of aryl methyl sites for hydroxylation is 1. The van der Waals surface area contributed by atoms with Crippen LogP contribution in [0.4, 0.5) is 0 Å². The molecular formula is C27H28CoNO6S-. The largest absolute Gasteiger partial charge is 0.537 e. The van der Waals surface area contributed by atoms with Crippen LogP contribution in [0, 0.1) is 12.3 Å². The average Bonchev–Trinajstić information content (AvgIpc) is 2.87. The van der Waals surface area contributed by atoms with Crippen LogP contribution in [0.1, 0.15) is 29.2 Å². The van der Waals surface area contributed by atoms with Gasteiger partial charge in [0.05, 0.1) is 26.1 Å². The Labute approximate surface area is 222 Å². The van der Waals surface area contributed by atoms with Gasteiger partial charge in [-0.2, -0.15) is 0 Å². The molecule has 0 bridgehead atoms.